The van der Waals surface area contributed by atoms with Gasteiger partial charge in [0, 0.05) is 28.2 Å². The van der Waals surface area contributed by atoms with Crippen LogP contribution in [0.2, 0.25) is 5.02 Å². The fraction of sp³-hybridized carbons (Fsp3) is 0.0588. The van der Waals surface area contributed by atoms with E-state index >= 15 is 0 Å². The number of carbonyl (C=O) groups excluding carboxylic acids is 1. The number of hydrogen-bond donors (Lipinski definition) is 1. The first-order valence-electron chi connectivity index (χ1n) is 6.43. The Morgan fingerprint density at radius 1 is 1.19 bits per heavy atom. The van der Waals surface area contributed by atoms with Crippen LogP contribution < -0.4 is 0 Å². The van der Waals surface area contributed by atoms with Gasteiger partial charge < -0.3 is 4.98 Å². The minimum Gasteiger partial charge on any atom is -0.360 e. The number of nitrogens with zero attached hydrogens (tertiary/aromatic N) is 1. The second-order valence-corrected chi connectivity index (χ2v) is 5.19. The van der Waals surface area contributed by atoms with Gasteiger partial charge in [0.1, 0.15) is 0 Å². The molecular formula is C17H11ClN2O. The fourth-order valence-electron chi connectivity index (χ4n) is 2.42. The van der Waals surface area contributed by atoms with Gasteiger partial charge in [0.05, 0.1) is 16.7 Å². The van der Waals surface area contributed by atoms with Gasteiger partial charge >= 0.3 is 0 Å². The van der Waals surface area contributed by atoms with Gasteiger partial charge in [0.2, 0.25) is 0 Å². The van der Waals surface area contributed by atoms with Crippen LogP contribution in [-0.4, -0.2) is 10.8 Å². The third kappa shape index (κ3) is 2.10. The van der Waals surface area contributed by atoms with Crippen molar-refractivity contribution in [3.05, 3.63) is 69.9 Å². The summed E-state index contributed by atoms with van der Waals surface area (Å²) in [6, 6.07) is 12.8. The third-order valence-corrected chi connectivity index (χ3v) is 4.01. The number of fused-ring (bicyclic) bond motifs is 1. The molecule has 0 radical (unpaired) electrons. The molecule has 0 fully saturated rings. The number of halogens is 1. The molecule has 0 aliphatic carbocycles. The predicted molar refractivity (Wildman–Crippen MR) is 82.6 cm³/mol. The number of aryl methyl sites for hydroxylation is 1. The highest BCUT2D eigenvalue weighted by Crippen LogP contribution is 2.28. The average Bonchev–Trinajstić information content (AvgIpc) is 2.93. The molecule has 0 aliphatic heterocycles. The van der Waals surface area contributed by atoms with E-state index in [2.05, 4.69) is 11.1 Å². The van der Waals surface area contributed by atoms with Crippen molar-refractivity contribution in [2.75, 3.05) is 0 Å². The summed E-state index contributed by atoms with van der Waals surface area (Å²) in [6.07, 6.45) is 1.63. The van der Waals surface area contributed by atoms with Crippen LogP contribution in [0.4, 0.5) is 0 Å². The molecule has 3 nitrogen and oxygen atoms in total. The average molecular weight is 295 g/mol. The van der Waals surface area contributed by atoms with E-state index in [-0.39, 0.29) is 5.78 Å². The highest BCUT2D eigenvalue weighted by molar-refractivity contribution is 6.36. The molecule has 3 aromatic rings. The Labute approximate surface area is 126 Å². The van der Waals surface area contributed by atoms with Crippen LogP contribution in [0.15, 0.2) is 42.6 Å². The van der Waals surface area contributed by atoms with Gasteiger partial charge in [-0.1, -0.05) is 29.8 Å². The van der Waals surface area contributed by atoms with E-state index in [0.717, 1.165) is 11.1 Å². The molecule has 0 atom stereocenters. The van der Waals surface area contributed by atoms with Crippen molar-refractivity contribution in [2.45, 2.75) is 6.92 Å². The zero-order chi connectivity index (χ0) is 15.0. The molecular weight excluding hydrogens is 284 g/mol. The number of benzene rings is 2. The largest absolute Gasteiger partial charge is 0.360 e. The van der Waals surface area contributed by atoms with E-state index in [1.807, 2.05) is 19.1 Å². The lowest BCUT2D eigenvalue weighted by Crippen LogP contribution is -2.02. The van der Waals surface area contributed by atoms with E-state index in [0.29, 0.717) is 27.1 Å². The normalized spacial score (nSPS) is 10.5. The van der Waals surface area contributed by atoms with Crippen LogP contribution in [0.25, 0.3) is 10.9 Å². The highest BCUT2D eigenvalue weighted by Gasteiger charge is 2.19. The third-order valence-electron chi connectivity index (χ3n) is 3.51. The van der Waals surface area contributed by atoms with Crippen LogP contribution >= 0.6 is 11.6 Å². The number of hydrogen-bond acceptors (Lipinski definition) is 2. The molecule has 4 heteroatoms. The summed E-state index contributed by atoms with van der Waals surface area (Å²) in [6.45, 7) is 1.86. The second kappa shape index (κ2) is 5.08. The molecule has 0 unspecified atom stereocenters. The van der Waals surface area contributed by atoms with Crippen LogP contribution in [0.3, 0.4) is 0 Å². The van der Waals surface area contributed by atoms with E-state index in [9.17, 15) is 10.1 Å². The van der Waals surface area contributed by atoms with E-state index < -0.39 is 0 Å². The first-order valence-corrected chi connectivity index (χ1v) is 6.81. The van der Waals surface area contributed by atoms with Crippen molar-refractivity contribution < 1.29 is 4.79 Å². The molecule has 1 aromatic heterocycles. The first kappa shape index (κ1) is 13.4. The minimum atomic E-state index is -0.183. The van der Waals surface area contributed by atoms with Gasteiger partial charge in [-0.15, -0.1) is 0 Å². The number of ketones is 1. The number of rotatable bonds is 2. The Hall–Kier alpha value is -2.57. The standard InChI is InChI=1S/C17H11ClN2O/c1-10-4-2-6-12(16(10)18)17(21)13-9-20-14-7-3-5-11(8-19)15(13)14/h2-7,9,20H,1H3. The van der Waals surface area contributed by atoms with Gasteiger partial charge in [-0.3, -0.25) is 4.79 Å². The van der Waals surface area contributed by atoms with Gasteiger partial charge in [-0.25, -0.2) is 0 Å². The lowest BCUT2D eigenvalue weighted by Gasteiger charge is -2.05. The van der Waals surface area contributed by atoms with Crippen LogP contribution in [-0.2, 0) is 0 Å². The van der Waals surface area contributed by atoms with Gasteiger partial charge in [-0.2, -0.15) is 5.26 Å². The van der Waals surface area contributed by atoms with Crippen LogP contribution in [0.5, 0.6) is 0 Å². The quantitative estimate of drug-likeness (QED) is 0.719. The summed E-state index contributed by atoms with van der Waals surface area (Å²) < 4.78 is 0. The maximum Gasteiger partial charge on any atom is 0.196 e. The van der Waals surface area contributed by atoms with E-state index in [1.165, 1.54) is 0 Å². The Morgan fingerprint density at radius 3 is 2.71 bits per heavy atom. The van der Waals surface area contributed by atoms with Crippen LogP contribution in [0.1, 0.15) is 27.0 Å². The second-order valence-electron chi connectivity index (χ2n) is 4.81. The number of H-pyrrole nitrogens is 1. The van der Waals surface area contributed by atoms with Crippen molar-refractivity contribution >= 4 is 28.3 Å². The topological polar surface area (TPSA) is 56.6 Å². The maximum absolute atomic E-state index is 12.7. The zero-order valence-electron chi connectivity index (χ0n) is 11.3. The van der Waals surface area contributed by atoms with E-state index in [4.69, 9.17) is 11.6 Å². The molecule has 3 rings (SSSR count). The zero-order valence-corrected chi connectivity index (χ0v) is 12.0. The number of nitriles is 1. The fourth-order valence-corrected chi connectivity index (χ4v) is 2.64. The van der Waals surface area contributed by atoms with Crippen molar-refractivity contribution in [2.24, 2.45) is 0 Å². The molecule has 102 valence electrons. The first-order chi connectivity index (χ1) is 10.1. The highest BCUT2D eigenvalue weighted by atomic mass is 35.5. The SMILES string of the molecule is Cc1cccc(C(=O)c2c[nH]c3cccc(C#N)c23)c1Cl. The summed E-state index contributed by atoms with van der Waals surface area (Å²) in [7, 11) is 0. The summed E-state index contributed by atoms with van der Waals surface area (Å²) in [5.41, 5.74) is 3.00. The summed E-state index contributed by atoms with van der Waals surface area (Å²) in [5.74, 6) is -0.183. The summed E-state index contributed by atoms with van der Waals surface area (Å²) in [5, 5.41) is 10.3. The van der Waals surface area contributed by atoms with E-state index in [1.54, 1.807) is 30.5 Å². The molecule has 1 heterocycles. The Bertz CT molecular complexity index is 903. The minimum absolute atomic E-state index is 0.183. The van der Waals surface area contributed by atoms with Gasteiger partial charge in [-0.05, 0) is 30.7 Å². The molecule has 2 aromatic carbocycles. The predicted octanol–water partition coefficient (Wildman–Crippen LogP) is 4.23. The number of aromatic nitrogens is 1. The molecule has 0 spiro atoms. The van der Waals surface area contributed by atoms with Gasteiger partial charge in [0.15, 0.2) is 5.78 Å². The lowest BCUT2D eigenvalue weighted by atomic mass is 9.99. The van der Waals surface area contributed by atoms with Crippen molar-refractivity contribution in [3.8, 4) is 6.07 Å². The number of carbonyl (C=O) groups is 1. The Balaban J connectivity index is 2.24. The summed E-state index contributed by atoms with van der Waals surface area (Å²) >= 11 is 6.23. The molecule has 0 aliphatic rings. The maximum atomic E-state index is 12.7. The molecule has 0 bridgehead atoms. The van der Waals surface area contributed by atoms with Crippen molar-refractivity contribution in [3.63, 3.8) is 0 Å². The Morgan fingerprint density at radius 2 is 1.95 bits per heavy atom. The number of aromatic amines is 1. The number of nitrogens with one attached hydrogen (secondary N) is 1. The molecule has 0 saturated heterocycles. The molecule has 0 amide bonds. The lowest BCUT2D eigenvalue weighted by molar-refractivity contribution is 0.104. The molecule has 1 N–H and O–H groups in total. The van der Waals surface area contributed by atoms with Crippen LogP contribution in [0, 0.1) is 18.3 Å². The molecule has 0 saturated carbocycles. The van der Waals surface area contributed by atoms with Gasteiger partial charge in [0.25, 0.3) is 0 Å². The van der Waals surface area contributed by atoms with Crippen molar-refractivity contribution in [1.29, 1.82) is 5.26 Å². The smallest absolute Gasteiger partial charge is 0.196 e. The molecule has 21 heavy (non-hydrogen) atoms. The monoisotopic (exact) mass is 294 g/mol. The van der Waals surface area contributed by atoms with Crippen molar-refractivity contribution in [1.82, 2.24) is 4.98 Å². The summed E-state index contributed by atoms with van der Waals surface area (Å²) in [4.78, 5) is 15.8. The Kier molecular flexibility index (Phi) is 3.25.